The number of aromatic nitrogens is 2. The normalized spacial score (nSPS) is 31.8. The largest absolute Gasteiger partial charge is 0.508 e. The molecule has 10 rings (SSSR count). The summed E-state index contributed by atoms with van der Waals surface area (Å²) in [5.41, 5.74) is 0.736. The topological polar surface area (TPSA) is 95.5 Å². The Morgan fingerprint density at radius 1 is 0.982 bits per heavy atom. The number of aromatic hydroxyl groups is 1. The molecule has 7 heterocycles. The van der Waals surface area contributed by atoms with Gasteiger partial charge in [0, 0.05) is 63.3 Å². The number of morpholine rings is 1. The van der Waals surface area contributed by atoms with Gasteiger partial charge in [-0.1, -0.05) is 25.1 Å². The van der Waals surface area contributed by atoms with Crippen LogP contribution in [0, 0.1) is 23.5 Å². The van der Waals surface area contributed by atoms with Crippen LogP contribution in [0.25, 0.3) is 32.8 Å². The molecule has 1 aromatic heterocycles. The molecule has 0 aliphatic carbocycles. The van der Waals surface area contributed by atoms with Crippen molar-refractivity contribution in [1.29, 1.82) is 0 Å². The lowest BCUT2D eigenvalue weighted by Crippen LogP contribution is -2.60. The fraction of sp³-hybridized carbons (Fsp3) is 0.571. The van der Waals surface area contributed by atoms with Crippen molar-refractivity contribution in [1.82, 2.24) is 25.1 Å². The third kappa shape index (κ3) is 5.99. The summed E-state index contributed by atoms with van der Waals surface area (Å²) in [7, 11) is 0. The number of piperazine rings is 1. The average molecular weight is 759 g/mol. The van der Waals surface area contributed by atoms with Crippen molar-refractivity contribution in [3.8, 4) is 28.6 Å². The summed E-state index contributed by atoms with van der Waals surface area (Å²) in [5.74, 6) is -1.26. The minimum Gasteiger partial charge on any atom is -0.508 e. The first-order valence-electron chi connectivity index (χ1n) is 20.1. The van der Waals surface area contributed by atoms with Gasteiger partial charge in [-0.05, 0) is 79.5 Å². The number of anilines is 1. The predicted molar refractivity (Wildman–Crippen MR) is 204 cm³/mol. The fourth-order valence-electron chi connectivity index (χ4n) is 11.0. The molecule has 6 aliphatic rings. The zero-order valence-corrected chi connectivity index (χ0v) is 31.6. The number of benzene rings is 3. The summed E-state index contributed by atoms with van der Waals surface area (Å²) >= 11 is 0. The summed E-state index contributed by atoms with van der Waals surface area (Å²) in [6.07, 6.45) is 2.39. The molecule has 0 saturated carbocycles. The van der Waals surface area contributed by atoms with Gasteiger partial charge in [0.2, 0.25) is 0 Å². The van der Waals surface area contributed by atoms with Crippen LogP contribution < -0.4 is 19.7 Å². The van der Waals surface area contributed by atoms with E-state index in [2.05, 4.69) is 33.9 Å². The Balaban J connectivity index is 1.08. The van der Waals surface area contributed by atoms with Crippen molar-refractivity contribution in [3.63, 3.8) is 0 Å². The monoisotopic (exact) mass is 758 g/mol. The molecule has 4 unspecified atom stereocenters. The number of phenols is 1. The highest BCUT2D eigenvalue weighted by Gasteiger charge is 2.49. The van der Waals surface area contributed by atoms with Gasteiger partial charge >= 0.3 is 6.01 Å². The first-order valence-corrected chi connectivity index (χ1v) is 20.1. The van der Waals surface area contributed by atoms with Crippen LogP contribution >= 0.6 is 0 Å². The smallest absolute Gasteiger partial charge is 0.319 e. The summed E-state index contributed by atoms with van der Waals surface area (Å²) in [6, 6.07) is 8.86. The Hall–Kier alpha value is -3.91. The van der Waals surface area contributed by atoms with Gasteiger partial charge in [-0.3, -0.25) is 9.80 Å². The van der Waals surface area contributed by atoms with Gasteiger partial charge in [0.25, 0.3) is 0 Å². The third-order valence-electron chi connectivity index (χ3n) is 13.2. The number of hydrogen-bond donors (Lipinski definition) is 2. The van der Waals surface area contributed by atoms with Gasteiger partial charge in [-0.15, -0.1) is 0 Å². The molecule has 0 radical (unpaired) electrons. The molecule has 55 heavy (non-hydrogen) atoms. The SMILES string of the molecule is CCc1cccc2cc(O)cc(-c3c(F)c4c5c(nc(OC[C@@H]6C7C[C@@H](F)CN7C[C@H]6CN6C[C@@H](C)O[C@@H](C)C6)nc5c3F)N3CC5CCC(N5)C3CO4)c12. The number of rotatable bonds is 7. The maximum absolute atomic E-state index is 17.5. The van der Waals surface area contributed by atoms with Crippen LogP contribution in [0.1, 0.15) is 45.6 Å². The Labute approximate surface area is 318 Å². The highest BCUT2D eigenvalue weighted by atomic mass is 19.1. The van der Waals surface area contributed by atoms with Gasteiger partial charge in [-0.2, -0.15) is 9.97 Å². The first-order chi connectivity index (χ1) is 26.6. The van der Waals surface area contributed by atoms with Gasteiger partial charge in [0.05, 0.1) is 35.8 Å². The highest BCUT2D eigenvalue weighted by molar-refractivity contribution is 6.05. The van der Waals surface area contributed by atoms with E-state index in [1.54, 1.807) is 6.07 Å². The van der Waals surface area contributed by atoms with E-state index >= 15 is 8.78 Å². The number of hydrogen-bond acceptors (Lipinski definition) is 10. The van der Waals surface area contributed by atoms with Gasteiger partial charge in [0.15, 0.2) is 17.4 Å². The Morgan fingerprint density at radius 2 is 1.82 bits per heavy atom. The third-order valence-corrected chi connectivity index (χ3v) is 13.2. The van der Waals surface area contributed by atoms with E-state index in [9.17, 15) is 9.50 Å². The molecule has 13 heteroatoms. The van der Waals surface area contributed by atoms with Gasteiger partial charge in [0.1, 0.15) is 29.9 Å². The van der Waals surface area contributed by atoms with Gasteiger partial charge in [-0.25, -0.2) is 13.2 Å². The number of nitrogens with one attached hydrogen (secondary N) is 1. The summed E-state index contributed by atoms with van der Waals surface area (Å²) in [4.78, 5) is 16.5. The average Bonchev–Trinajstić information content (AvgIpc) is 3.77. The van der Waals surface area contributed by atoms with E-state index in [1.807, 2.05) is 25.1 Å². The van der Waals surface area contributed by atoms with E-state index < -0.39 is 17.8 Å². The van der Waals surface area contributed by atoms with Crippen molar-refractivity contribution in [2.45, 2.75) is 89.0 Å². The van der Waals surface area contributed by atoms with Crippen LogP contribution in [-0.2, 0) is 11.2 Å². The lowest BCUT2D eigenvalue weighted by molar-refractivity contribution is -0.0729. The second kappa shape index (κ2) is 13.6. The number of aryl methyl sites for hydroxylation is 1. The van der Waals surface area contributed by atoms with Crippen LogP contribution in [0.3, 0.4) is 0 Å². The van der Waals surface area contributed by atoms with Crippen LogP contribution in [0.2, 0.25) is 0 Å². The molecule has 0 amide bonds. The maximum atomic E-state index is 17.5. The summed E-state index contributed by atoms with van der Waals surface area (Å²) in [6.45, 7) is 10.9. The molecule has 5 saturated heterocycles. The van der Waals surface area contributed by atoms with E-state index in [1.165, 1.54) is 6.07 Å². The fourth-order valence-corrected chi connectivity index (χ4v) is 11.0. The van der Waals surface area contributed by atoms with Crippen molar-refractivity contribution in [2.75, 3.05) is 57.4 Å². The molecular weight excluding hydrogens is 709 g/mol. The molecule has 10 nitrogen and oxygen atoms in total. The molecule has 2 bridgehead atoms. The zero-order valence-electron chi connectivity index (χ0n) is 31.6. The van der Waals surface area contributed by atoms with Crippen molar-refractivity contribution in [3.05, 3.63) is 47.5 Å². The molecule has 9 atom stereocenters. The number of phenolic OH excluding ortho intramolecular Hbond substituents is 1. The summed E-state index contributed by atoms with van der Waals surface area (Å²) in [5, 5.41) is 16.0. The molecular formula is C42H49F3N6O4. The molecule has 292 valence electrons. The first kappa shape index (κ1) is 35.5. The van der Waals surface area contributed by atoms with E-state index in [4.69, 9.17) is 24.2 Å². The molecule has 6 aliphatic heterocycles. The lowest BCUT2D eigenvalue weighted by atomic mass is 9.88. The minimum absolute atomic E-state index is 0.00654. The van der Waals surface area contributed by atoms with E-state index in [0.717, 1.165) is 44.6 Å². The van der Waals surface area contributed by atoms with Crippen LogP contribution in [0.4, 0.5) is 19.0 Å². The second-order valence-electron chi connectivity index (χ2n) is 16.9. The van der Waals surface area contributed by atoms with Crippen LogP contribution in [0.5, 0.6) is 17.5 Å². The number of ether oxygens (including phenoxy) is 3. The van der Waals surface area contributed by atoms with Gasteiger partial charge < -0.3 is 29.5 Å². The van der Waals surface area contributed by atoms with Crippen molar-refractivity contribution < 1.29 is 32.5 Å². The van der Waals surface area contributed by atoms with Crippen LogP contribution in [0.15, 0.2) is 30.3 Å². The standard InChI is InChI=1S/C42H49F3N6O4/c1-4-23-6-5-7-24-10-28(52)12-29(34(23)24)35-37(44)39-36-40(38(35)45)53-20-33-31-9-8-27(46-31)18-51(33)41(36)48-42(47-39)54-19-30-25(16-50-17-26(43)11-32(30)50)15-49-13-21(2)55-22(3)14-49/h5-7,10,12,21-22,25-27,30-33,46,52H,4,8-9,11,13-20H2,1-3H3/t21-,22+,25-,26-,27?,30+,31?,32?,33?/m1/s1. The molecule has 2 N–H and O–H groups in total. The van der Waals surface area contributed by atoms with E-state index in [0.29, 0.717) is 42.5 Å². The molecule has 0 spiro atoms. The Morgan fingerprint density at radius 3 is 2.64 bits per heavy atom. The lowest BCUT2D eigenvalue weighted by Gasteiger charge is -2.40. The zero-order chi connectivity index (χ0) is 37.7. The molecule has 3 aromatic carbocycles. The quantitative estimate of drug-likeness (QED) is 0.240. The van der Waals surface area contributed by atoms with E-state index in [-0.39, 0.29) is 101 Å². The van der Waals surface area contributed by atoms with Crippen molar-refractivity contribution >= 4 is 27.5 Å². The maximum Gasteiger partial charge on any atom is 0.319 e. The van der Waals surface area contributed by atoms with Crippen molar-refractivity contribution in [2.24, 2.45) is 11.8 Å². The Bertz CT molecular complexity index is 2150. The number of alkyl halides is 1. The molecule has 4 aromatic rings. The minimum atomic E-state index is -0.885. The Kier molecular flexibility index (Phi) is 8.80. The second-order valence-corrected chi connectivity index (χ2v) is 16.9. The number of nitrogens with zero attached hydrogens (tertiary/aromatic N) is 5. The molecule has 5 fully saturated rings. The number of halogens is 3. The number of fused-ring (bicyclic) bond motifs is 7. The highest BCUT2D eigenvalue weighted by Crippen LogP contribution is 2.48. The summed E-state index contributed by atoms with van der Waals surface area (Å²) < 4.78 is 68.4. The predicted octanol–water partition coefficient (Wildman–Crippen LogP) is 5.84. The van der Waals surface area contributed by atoms with Crippen LogP contribution in [-0.4, -0.2) is 120 Å².